The Kier molecular flexibility index (Phi) is 4.51. The van der Waals surface area contributed by atoms with Crippen molar-refractivity contribution >= 4 is 33.4 Å². The standard InChI is InChI=1S/C13H15BrClNO2/c14-11-4-2-9(6-12(11)17)13(18)16-7-8-1-3-10(15)5-8/h2,4,6,8,10,17H,1,3,5,7H2,(H,16,18). The van der Waals surface area contributed by atoms with Gasteiger partial charge in [0, 0.05) is 17.5 Å². The molecule has 1 saturated carbocycles. The molecule has 1 aliphatic carbocycles. The largest absolute Gasteiger partial charge is 0.507 e. The maximum Gasteiger partial charge on any atom is 0.251 e. The predicted molar refractivity (Wildman–Crippen MR) is 75.1 cm³/mol. The van der Waals surface area contributed by atoms with Crippen LogP contribution in [0, 0.1) is 5.92 Å². The average molecular weight is 333 g/mol. The molecular formula is C13H15BrClNO2. The van der Waals surface area contributed by atoms with E-state index in [1.54, 1.807) is 12.1 Å². The molecule has 18 heavy (non-hydrogen) atoms. The van der Waals surface area contributed by atoms with Gasteiger partial charge in [0.05, 0.1) is 4.47 Å². The zero-order chi connectivity index (χ0) is 13.1. The highest BCUT2D eigenvalue weighted by Crippen LogP contribution is 2.29. The van der Waals surface area contributed by atoms with E-state index in [1.807, 2.05) is 0 Å². The third-order valence-corrected chi connectivity index (χ3v) is 4.30. The fourth-order valence-electron chi connectivity index (χ4n) is 2.19. The minimum Gasteiger partial charge on any atom is -0.507 e. The summed E-state index contributed by atoms with van der Waals surface area (Å²) in [7, 11) is 0. The number of hydrogen-bond acceptors (Lipinski definition) is 2. The van der Waals surface area contributed by atoms with Gasteiger partial charge in [-0.2, -0.15) is 0 Å². The first-order valence-corrected chi connectivity index (χ1v) is 7.20. The molecule has 2 unspecified atom stereocenters. The molecule has 1 aliphatic rings. The third-order valence-electron chi connectivity index (χ3n) is 3.24. The van der Waals surface area contributed by atoms with E-state index in [-0.39, 0.29) is 17.0 Å². The van der Waals surface area contributed by atoms with Crippen molar-refractivity contribution in [2.75, 3.05) is 6.54 Å². The van der Waals surface area contributed by atoms with Crippen LogP contribution in [0.5, 0.6) is 5.75 Å². The molecule has 3 nitrogen and oxygen atoms in total. The quantitative estimate of drug-likeness (QED) is 0.835. The number of carbonyl (C=O) groups excluding carboxylic acids is 1. The number of phenolic OH excluding ortho intramolecular Hbond substituents is 1. The predicted octanol–water partition coefficient (Wildman–Crippen LogP) is 3.29. The van der Waals surface area contributed by atoms with E-state index in [9.17, 15) is 9.90 Å². The van der Waals surface area contributed by atoms with Crippen molar-refractivity contribution in [1.82, 2.24) is 5.32 Å². The van der Waals surface area contributed by atoms with E-state index >= 15 is 0 Å². The second-order valence-electron chi connectivity index (χ2n) is 4.65. The monoisotopic (exact) mass is 331 g/mol. The lowest BCUT2D eigenvalue weighted by Crippen LogP contribution is -2.28. The van der Waals surface area contributed by atoms with Gasteiger partial charge < -0.3 is 10.4 Å². The fourth-order valence-corrected chi connectivity index (χ4v) is 2.82. The van der Waals surface area contributed by atoms with Gasteiger partial charge in [0.15, 0.2) is 0 Å². The van der Waals surface area contributed by atoms with Crippen LogP contribution >= 0.6 is 27.5 Å². The normalized spacial score (nSPS) is 23.0. The number of hydrogen-bond donors (Lipinski definition) is 2. The highest BCUT2D eigenvalue weighted by atomic mass is 79.9. The van der Waals surface area contributed by atoms with Crippen molar-refractivity contribution in [3.05, 3.63) is 28.2 Å². The summed E-state index contributed by atoms with van der Waals surface area (Å²) in [5.74, 6) is 0.389. The van der Waals surface area contributed by atoms with Crippen molar-refractivity contribution in [1.29, 1.82) is 0 Å². The summed E-state index contributed by atoms with van der Waals surface area (Å²) in [5.41, 5.74) is 0.469. The number of amides is 1. The van der Waals surface area contributed by atoms with Gasteiger partial charge in [0.2, 0.25) is 0 Å². The van der Waals surface area contributed by atoms with E-state index in [2.05, 4.69) is 21.2 Å². The van der Waals surface area contributed by atoms with Crippen LogP contribution in [-0.4, -0.2) is 22.9 Å². The van der Waals surface area contributed by atoms with E-state index in [0.717, 1.165) is 19.3 Å². The smallest absolute Gasteiger partial charge is 0.251 e. The molecule has 1 amide bonds. The van der Waals surface area contributed by atoms with Crippen LogP contribution in [0.4, 0.5) is 0 Å². The lowest BCUT2D eigenvalue weighted by Gasteiger charge is -2.11. The van der Waals surface area contributed by atoms with Gasteiger partial charge in [0.25, 0.3) is 5.91 Å². The average Bonchev–Trinajstić information content (AvgIpc) is 2.75. The Morgan fingerprint density at radius 2 is 2.28 bits per heavy atom. The maximum absolute atomic E-state index is 11.9. The van der Waals surface area contributed by atoms with Gasteiger partial charge in [-0.25, -0.2) is 0 Å². The van der Waals surface area contributed by atoms with Gasteiger partial charge in [-0.15, -0.1) is 11.6 Å². The SMILES string of the molecule is O=C(NCC1CCC(Cl)C1)c1ccc(Br)c(O)c1. The number of aromatic hydroxyl groups is 1. The van der Waals surface area contributed by atoms with Crippen molar-refractivity contribution in [3.63, 3.8) is 0 Å². The molecule has 1 aromatic rings. The first-order chi connectivity index (χ1) is 8.56. The molecule has 1 aromatic carbocycles. The highest BCUT2D eigenvalue weighted by molar-refractivity contribution is 9.10. The molecule has 0 radical (unpaired) electrons. The van der Waals surface area contributed by atoms with E-state index in [0.29, 0.717) is 22.5 Å². The molecular weight excluding hydrogens is 318 g/mol. The molecule has 0 aromatic heterocycles. The summed E-state index contributed by atoms with van der Waals surface area (Å²) < 4.78 is 0.583. The summed E-state index contributed by atoms with van der Waals surface area (Å²) >= 11 is 9.21. The molecule has 2 atom stereocenters. The van der Waals surface area contributed by atoms with Crippen LogP contribution in [-0.2, 0) is 0 Å². The molecule has 2 rings (SSSR count). The van der Waals surface area contributed by atoms with Gasteiger partial charge in [0.1, 0.15) is 5.75 Å². The van der Waals surface area contributed by atoms with Crippen LogP contribution in [0.1, 0.15) is 29.6 Å². The number of phenols is 1. The highest BCUT2D eigenvalue weighted by Gasteiger charge is 2.23. The number of alkyl halides is 1. The second kappa shape index (κ2) is 5.93. The van der Waals surface area contributed by atoms with Crippen molar-refractivity contribution in [3.8, 4) is 5.75 Å². The number of halogens is 2. The van der Waals surface area contributed by atoms with Gasteiger partial charge in [-0.3, -0.25) is 4.79 Å². The number of nitrogens with one attached hydrogen (secondary N) is 1. The van der Waals surface area contributed by atoms with Gasteiger partial charge >= 0.3 is 0 Å². The Hall–Kier alpha value is -0.740. The summed E-state index contributed by atoms with van der Waals surface area (Å²) in [6, 6.07) is 4.80. The molecule has 0 heterocycles. The topological polar surface area (TPSA) is 49.3 Å². The second-order valence-corrected chi connectivity index (χ2v) is 6.12. The lowest BCUT2D eigenvalue weighted by atomic mass is 10.1. The van der Waals surface area contributed by atoms with E-state index in [4.69, 9.17) is 11.6 Å². The molecule has 0 bridgehead atoms. The first kappa shape index (κ1) is 13.7. The van der Waals surface area contributed by atoms with Crippen LogP contribution in [0.25, 0.3) is 0 Å². The zero-order valence-corrected chi connectivity index (χ0v) is 12.2. The lowest BCUT2D eigenvalue weighted by molar-refractivity contribution is 0.0947. The number of carbonyl (C=O) groups is 1. The van der Waals surface area contributed by atoms with Crippen molar-refractivity contribution in [2.45, 2.75) is 24.6 Å². The van der Waals surface area contributed by atoms with Crippen LogP contribution in [0.3, 0.4) is 0 Å². The number of benzene rings is 1. The van der Waals surface area contributed by atoms with E-state index in [1.165, 1.54) is 6.07 Å². The Balaban J connectivity index is 1.89. The molecule has 0 saturated heterocycles. The molecule has 5 heteroatoms. The Morgan fingerprint density at radius 3 is 2.89 bits per heavy atom. The Morgan fingerprint density at radius 1 is 1.50 bits per heavy atom. The van der Waals surface area contributed by atoms with Crippen LogP contribution in [0.2, 0.25) is 0 Å². The summed E-state index contributed by atoms with van der Waals surface area (Å²) in [5, 5.41) is 12.7. The third kappa shape index (κ3) is 3.39. The van der Waals surface area contributed by atoms with Crippen molar-refractivity contribution < 1.29 is 9.90 Å². The van der Waals surface area contributed by atoms with Crippen molar-refractivity contribution in [2.24, 2.45) is 5.92 Å². The number of rotatable bonds is 3. The molecule has 0 aliphatic heterocycles. The minimum absolute atomic E-state index is 0.0735. The molecule has 98 valence electrons. The maximum atomic E-state index is 11.9. The zero-order valence-electron chi connectivity index (χ0n) is 9.83. The summed E-state index contributed by atoms with van der Waals surface area (Å²) in [6.45, 7) is 0.652. The molecule has 1 fully saturated rings. The van der Waals surface area contributed by atoms with Gasteiger partial charge in [-0.05, 0) is 59.3 Å². The van der Waals surface area contributed by atoms with Crippen LogP contribution in [0.15, 0.2) is 22.7 Å². The summed E-state index contributed by atoms with van der Waals surface area (Å²) in [4.78, 5) is 11.9. The Labute approximate surface area is 120 Å². The molecule has 0 spiro atoms. The van der Waals surface area contributed by atoms with Gasteiger partial charge in [-0.1, -0.05) is 0 Å². The first-order valence-electron chi connectivity index (χ1n) is 5.97. The minimum atomic E-state index is -0.157. The van der Waals surface area contributed by atoms with Crippen LogP contribution < -0.4 is 5.32 Å². The molecule has 2 N–H and O–H groups in total. The summed E-state index contributed by atoms with van der Waals surface area (Å²) in [6.07, 6.45) is 3.06. The van der Waals surface area contributed by atoms with E-state index < -0.39 is 0 Å². The fraction of sp³-hybridized carbons (Fsp3) is 0.462. The Bertz CT molecular complexity index is 453.